The fourth-order valence-corrected chi connectivity index (χ4v) is 3.79. The van der Waals surface area contributed by atoms with Crippen LogP contribution in [0.25, 0.3) is 12.2 Å². The van der Waals surface area contributed by atoms with Gasteiger partial charge in [0.2, 0.25) is 5.75 Å². The number of anilines is 1. The van der Waals surface area contributed by atoms with Crippen LogP contribution in [-0.4, -0.2) is 52.8 Å². The fraction of sp³-hybridized carbons (Fsp3) is 0.250. The number of hydrogen-bond donors (Lipinski definition) is 1. The normalized spacial score (nSPS) is 10.7. The van der Waals surface area contributed by atoms with Gasteiger partial charge in [0, 0.05) is 48.0 Å². The molecule has 0 amide bonds. The van der Waals surface area contributed by atoms with E-state index in [0.29, 0.717) is 40.9 Å². The third kappa shape index (κ3) is 6.52. The molecule has 0 saturated heterocycles. The van der Waals surface area contributed by atoms with Gasteiger partial charge in [-0.25, -0.2) is 0 Å². The van der Waals surface area contributed by atoms with E-state index in [1.807, 2.05) is 30.4 Å². The molecule has 0 aliphatic heterocycles. The number of nitro groups is 1. The number of nitro benzene ring substituents is 1. The smallest absolute Gasteiger partial charge is 0.269 e. The number of nitrogens with one attached hydrogen (secondary N) is 1. The lowest BCUT2D eigenvalue weighted by Crippen LogP contribution is -2.10. The first-order valence-corrected chi connectivity index (χ1v) is 11.6. The van der Waals surface area contributed by atoms with Gasteiger partial charge in [-0.05, 0) is 35.9 Å². The van der Waals surface area contributed by atoms with Gasteiger partial charge >= 0.3 is 0 Å². The van der Waals surface area contributed by atoms with Crippen LogP contribution >= 0.6 is 0 Å². The van der Waals surface area contributed by atoms with Crippen molar-refractivity contribution in [3.05, 3.63) is 75.3 Å². The zero-order valence-electron chi connectivity index (χ0n) is 21.9. The van der Waals surface area contributed by atoms with E-state index in [9.17, 15) is 14.9 Å². The van der Waals surface area contributed by atoms with Crippen LogP contribution in [-0.2, 0) is 0 Å². The first kappa shape index (κ1) is 27.9. The number of ketones is 1. The molecular formula is C28H30N2O8. The van der Waals surface area contributed by atoms with Crippen molar-refractivity contribution >= 4 is 29.3 Å². The van der Waals surface area contributed by atoms with E-state index >= 15 is 0 Å². The van der Waals surface area contributed by atoms with Gasteiger partial charge < -0.3 is 29.0 Å². The summed E-state index contributed by atoms with van der Waals surface area (Å²) in [5, 5.41) is 14.1. The molecule has 0 aliphatic carbocycles. The summed E-state index contributed by atoms with van der Waals surface area (Å²) in [7, 11) is 7.76. The van der Waals surface area contributed by atoms with Crippen molar-refractivity contribution < 1.29 is 33.4 Å². The second-order valence-electron chi connectivity index (χ2n) is 7.99. The zero-order chi connectivity index (χ0) is 27.7. The van der Waals surface area contributed by atoms with E-state index in [1.165, 1.54) is 24.3 Å². The lowest BCUT2D eigenvalue weighted by Gasteiger charge is -2.15. The molecule has 1 N–H and O–H groups in total. The average molecular weight is 523 g/mol. The Kier molecular flexibility index (Phi) is 9.53. The number of rotatable bonds is 13. The molecule has 0 spiro atoms. The van der Waals surface area contributed by atoms with Crippen LogP contribution in [0.5, 0.6) is 28.7 Å². The second-order valence-corrected chi connectivity index (χ2v) is 7.99. The highest BCUT2D eigenvalue weighted by molar-refractivity contribution is 5.96. The third-order valence-electron chi connectivity index (χ3n) is 5.77. The molecule has 3 aromatic rings. The van der Waals surface area contributed by atoms with Gasteiger partial charge in [-0.1, -0.05) is 12.2 Å². The Bertz CT molecular complexity index is 1290. The number of methoxy groups -OCH3 is 5. The molecule has 0 aliphatic rings. The lowest BCUT2D eigenvalue weighted by atomic mass is 10.1. The number of carbonyl (C=O) groups excluding carboxylic acids is 1. The van der Waals surface area contributed by atoms with Crippen LogP contribution in [0.2, 0.25) is 0 Å². The molecule has 0 heterocycles. The Hall–Kier alpha value is -4.73. The second kappa shape index (κ2) is 13.0. The van der Waals surface area contributed by atoms with Crippen LogP contribution in [0.15, 0.2) is 48.5 Å². The van der Waals surface area contributed by atoms with Crippen LogP contribution < -0.4 is 29.0 Å². The largest absolute Gasteiger partial charge is 0.493 e. The SMILES string of the molecule is COc1cc(/C=C\c2cc(OC)c(OC)c(OC)c2)c(NCCC(=O)c2ccc([N+](=O)[O-])cc2)cc1OC. The summed E-state index contributed by atoms with van der Waals surface area (Å²) in [6, 6.07) is 12.8. The third-order valence-corrected chi connectivity index (χ3v) is 5.77. The minimum Gasteiger partial charge on any atom is -0.493 e. The maximum atomic E-state index is 12.6. The minimum atomic E-state index is -0.500. The van der Waals surface area contributed by atoms with E-state index in [2.05, 4.69) is 5.32 Å². The van der Waals surface area contributed by atoms with Crippen molar-refractivity contribution in [1.29, 1.82) is 0 Å². The Morgan fingerprint density at radius 2 is 1.39 bits per heavy atom. The molecule has 0 radical (unpaired) electrons. The Balaban J connectivity index is 1.84. The van der Waals surface area contributed by atoms with E-state index in [-0.39, 0.29) is 17.9 Å². The van der Waals surface area contributed by atoms with Gasteiger partial charge in [-0.3, -0.25) is 14.9 Å². The van der Waals surface area contributed by atoms with Crippen molar-refractivity contribution in [3.63, 3.8) is 0 Å². The van der Waals surface area contributed by atoms with E-state index < -0.39 is 4.92 Å². The van der Waals surface area contributed by atoms with Crippen molar-refractivity contribution in [1.82, 2.24) is 0 Å². The van der Waals surface area contributed by atoms with E-state index in [4.69, 9.17) is 23.7 Å². The highest BCUT2D eigenvalue weighted by atomic mass is 16.6. The predicted molar refractivity (Wildman–Crippen MR) is 145 cm³/mol. The summed E-state index contributed by atoms with van der Waals surface area (Å²) in [6.45, 7) is 0.330. The van der Waals surface area contributed by atoms with Crippen LogP contribution in [0, 0.1) is 10.1 Å². The molecule has 0 fully saturated rings. The Morgan fingerprint density at radius 3 is 1.92 bits per heavy atom. The number of hydrogen-bond acceptors (Lipinski definition) is 9. The average Bonchev–Trinajstić information content (AvgIpc) is 2.95. The summed E-state index contributed by atoms with van der Waals surface area (Å²) >= 11 is 0. The number of nitrogens with zero attached hydrogens (tertiary/aromatic N) is 1. The molecule has 10 nitrogen and oxygen atoms in total. The van der Waals surface area contributed by atoms with Crippen molar-refractivity contribution in [2.24, 2.45) is 0 Å². The number of benzene rings is 3. The van der Waals surface area contributed by atoms with Crippen LogP contribution in [0.1, 0.15) is 27.9 Å². The highest BCUT2D eigenvalue weighted by Crippen LogP contribution is 2.39. The minimum absolute atomic E-state index is 0.0615. The molecular weight excluding hydrogens is 492 g/mol. The molecule has 10 heteroatoms. The van der Waals surface area contributed by atoms with Crippen molar-refractivity contribution in [2.45, 2.75) is 6.42 Å². The number of ether oxygens (including phenoxy) is 5. The lowest BCUT2D eigenvalue weighted by molar-refractivity contribution is -0.384. The standard InChI is InChI=1S/C28H30N2O8/c1-34-24-16-20(7-6-18-14-26(36-3)28(38-5)27(15-18)37-4)22(17-25(24)35-2)29-13-12-23(31)19-8-10-21(11-9-19)30(32)33/h6-11,14-17,29H,12-13H2,1-5H3/b7-6-. The molecule has 0 aromatic heterocycles. The Labute approximate surface area is 220 Å². The molecule has 200 valence electrons. The summed E-state index contributed by atoms with van der Waals surface area (Å²) < 4.78 is 27.2. The van der Waals surface area contributed by atoms with Gasteiger partial charge in [0.1, 0.15) is 0 Å². The monoisotopic (exact) mass is 522 g/mol. The van der Waals surface area contributed by atoms with Gasteiger partial charge in [-0.2, -0.15) is 0 Å². The first-order valence-electron chi connectivity index (χ1n) is 11.6. The number of Topliss-reactive ketones (excluding diaryl/α,β-unsaturated/α-hetero) is 1. The summed E-state index contributed by atoms with van der Waals surface area (Å²) in [6.07, 6.45) is 3.96. The molecule has 3 aromatic carbocycles. The fourth-order valence-electron chi connectivity index (χ4n) is 3.79. The predicted octanol–water partition coefficient (Wildman–Crippen LogP) is 5.49. The van der Waals surface area contributed by atoms with Crippen molar-refractivity contribution in [3.8, 4) is 28.7 Å². The van der Waals surface area contributed by atoms with E-state index in [0.717, 1.165) is 16.8 Å². The van der Waals surface area contributed by atoms with Crippen LogP contribution in [0.4, 0.5) is 11.4 Å². The summed E-state index contributed by atoms with van der Waals surface area (Å²) in [5.74, 6) is 2.50. The number of carbonyl (C=O) groups is 1. The van der Waals surface area contributed by atoms with Crippen molar-refractivity contribution in [2.75, 3.05) is 47.4 Å². The van der Waals surface area contributed by atoms with Crippen LogP contribution in [0.3, 0.4) is 0 Å². The topological polar surface area (TPSA) is 118 Å². The van der Waals surface area contributed by atoms with Gasteiger partial charge in [0.05, 0.1) is 40.5 Å². The molecule has 38 heavy (non-hydrogen) atoms. The van der Waals surface area contributed by atoms with Gasteiger partial charge in [0.15, 0.2) is 28.8 Å². The summed E-state index contributed by atoms with van der Waals surface area (Å²) in [5.41, 5.74) is 2.68. The zero-order valence-corrected chi connectivity index (χ0v) is 21.9. The highest BCUT2D eigenvalue weighted by Gasteiger charge is 2.14. The molecule has 3 rings (SSSR count). The maximum Gasteiger partial charge on any atom is 0.269 e. The molecule has 0 unspecified atom stereocenters. The quantitative estimate of drug-likeness (QED) is 0.134. The molecule has 0 saturated carbocycles. The maximum absolute atomic E-state index is 12.6. The number of non-ortho nitro benzene ring substituents is 1. The Morgan fingerprint density at radius 1 is 0.816 bits per heavy atom. The van der Waals surface area contributed by atoms with Gasteiger partial charge in [-0.15, -0.1) is 0 Å². The molecule has 0 bridgehead atoms. The summed E-state index contributed by atoms with van der Waals surface area (Å²) in [4.78, 5) is 23.0. The van der Waals surface area contributed by atoms with E-state index in [1.54, 1.807) is 41.6 Å². The first-order chi connectivity index (χ1) is 18.3. The van der Waals surface area contributed by atoms with Gasteiger partial charge in [0.25, 0.3) is 5.69 Å². The molecule has 0 atom stereocenters.